The van der Waals surface area contributed by atoms with E-state index in [1.54, 1.807) is 0 Å². The first-order chi connectivity index (χ1) is 14.3. The van der Waals surface area contributed by atoms with Gasteiger partial charge in [0.15, 0.2) is 0 Å². The number of nitrogens with two attached hydrogens (primary N) is 2. The SMILES string of the molecule is N=C(N)c1ccc(C(N)=O)cn1.O=C(O)[C@@H]1CCCN1CC(O)CC1CCCCC1. The Morgan fingerprint density at radius 2 is 1.87 bits per heavy atom. The fourth-order valence-corrected chi connectivity index (χ4v) is 4.18. The second-order valence-corrected chi connectivity index (χ2v) is 8.09. The van der Waals surface area contributed by atoms with E-state index in [4.69, 9.17) is 22.0 Å². The first kappa shape index (κ1) is 23.8. The number of aliphatic hydroxyl groups is 1. The predicted octanol–water partition coefficient (Wildman–Crippen LogP) is 1.33. The molecule has 2 aliphatic rings. The van der Waals surface area contributed by atoms with Crippen LogP contribution in [0.4, 0.5) is 0 Å². The normalized spacial score (nSPS) is 20.8. The summed E-state index contributed by atoms with van der Waals surface area (Å²) in [4.78, 5) is 27.3. The number of pyridine rings is 1. The molecule has 1 aromatic rings. The molecule has 1 amide bonds. The minimum atomic E-state index is -0.739. The average Bonchev–Trinajstić information content (AvgIpc) is 3.17. The molecule has 1 aromatic heterocycles. The number of amidine groups is 1. The third kappa shape index (κ3) is 7.38. The van der Waals surface area contributed by atoms with Crippen molar-refractivity contribution in [2.75, 3.05) is 13.1 Å². The van der Waals surface area contributed by atoms with Gasteiger partial charge in [0, 0.05) is 12.7 Å². The van der Waals surface area contributed by atoms with Gasteiger partial charge < -0.3 is 21.7 Å². The maximum absolute atomic E-state index is 11.1. The van der Waals surface area contributed by atoms with E-state index in [1.165, 1.54) is 50.4 Å². The van der Waals surface area contributed by atoms with Gasteiger partial charge in [-0.1, -0.05) is 32.1 Å². The van der Waals surface area contributed by atoms with Crippen molar-refractivity contribution in [2.45, 2.75) is 63.5 Å². The lowest BCUT2D eigenvalue weighted by molar-refractivity contribution is -0.142. The van der Waals surface area contributed by atoms with Gasteiger partial charge in [0.2, 0.25) is 5.91 Å². The summed E-state index contributed by atoms with van der Waals surface area (Å²) in [5, 5.41) is 26.2. The molecule has 0 radical (unpaired) electrons. The number of nitrogen functional groups attached to an aromatic ring is 1. The molecule has 1 unspecified atom stereocenters. The Balaban J connectivity index is 0.000000232. The zero-order valence-corrected chi connectivity index (χ0v) is 17.3. The number of aromatic nitrogens is 1. The van der Waals surface area contributed by atoms with Crippen LogP contribution in [0.1, 0.15) is 67.4 Å². The van der Waals surface area contributed by atoms with Crippen molar-refractivity contribution in [2.24, 2.45) is 17.4 Å². The van der Waals surface area contributed by atoms with Gasteiger partial charge in [0.25, 0.3) is 0 Å². The Morgan fingerprint density at radius 1 is 1.17 bits per heavy atom. The third-order valence-electron chi connectivity index (χ3n) is 5.75. The minimum Gasteiger partial charge on any atom is -0.480 e. The van der Waals surface area contributed by atoms with Gasteiger partial charge in [-0.3, -0.25) is 24.9 Å². The van der Waals surface area contributed by atoms with Crippen LogP contribution >= 0.6 is 0 Å². The van der Waals surface area contributed by atoms with Gasteiger partial charge in [-0.2, -0.15) is 0 Å². The van der Waals surface area contributed by atoms with Crippen molar-refractivity contribution in [1.82, 2.24) is 9.88 Å². The second kappa shape index (κ2) is 11.6. The predicted molar refractivity (Wildman–Crippen MR) is 113 cm³/mol. The number of carboxylic acids is 1. The van der Waals surface area contributed by atoms with Crippen LogP contribution in [0.15, 0.2) is 18.3 Å². The molecule has 7 N–H and O–H groups in total. The van der Waals surface area contributed by atoms with Crippen molar-refractivity contribution in [3.63, 3.8) is 0 Å². The molecule has 166 valence electrons. The minimum absolute atomic E-state index is 0.133. The largest absolute Gasteiger partial charge is 0.480 e. The number of aliphatic hydroxyl groups excluding tert-OH is 1. The molecule has 1 saturated carbocycles. The number of nitrogens with one attached hydrogen (secondary N) is 1. The van der Waals surface area contributed by atoms with E-state index in [1.807, 2.05) is 4.90 Å². The van der Waals surface area contributed by atoms with Crippen LogP contribution in [0.25, 0.3) is 0 Å². The topological polar surface area (TPSA) is 167 Å². The number of nitrogens with zero attached hydrogens (tertiary/aromatic N) is 2. The molecule has 1 saturated heterocycles. The summed E-state index contributed by atoms with van der Waals surface area (Å²) in [5.41, 5.74) is 10.8. The van der Waals surface area contributed by atoms with Gasteiger partial charge in [0.1, 0.15) is 17.6 Å². The van der Waals surface area contributed by atoms with Crippen LogP contribution < -0.4 is 11.5 Å². The molecule has 3 rings (SSSR count). The number of carbonyl (C=O) groups is 2. The van der Waals surface area contributed by atoms with Crippen LogP contribution in [0, 0.1) is 11.3 Å². The van der Waals surface area contributed by atoms with Crippen LogP contribution in [0.3, 0.4) is 0 Å². The van der Waals surface area contributed by atoms with Crippen molar-refractivity contribution in [3.05, 3.63) is 29.6 Å². The van der Waals surface area contributed by atoms with E-state index in [0.29, 0.717) is 23.7 Å². The van der Waals surface area contributed by atoms with Crippen molar-refractivity contribution in [1.29, 1.82) is 5.41 Å². The zero-order valence-electron chi connectivity index (χ0n) is 17.3. The van der Waals surface area contributed by atoms with Crippen molar-refractivity contribution in [3.8, 4) is 0 Å². The Hall–Kier alpha value is -2.52. The summed E-state index contributed by atoms with van der Waals surface area (Å²) in [7, 11) is 0. The Labute approximate surface area is 177 Å². The summed E-state index contributed by atoms with van der Waals surface area (Å²) >= 11 is 0. The van der Waals surface area contributed by atoms with Gasteiger partial charge in [-0.15, -0.1) is 0 Å². The highest BCUT2D eigenvalue weighted by molar-refractivity contribution is 5.95. The Morgan fingerprint density at radius 3 is 2.40 bits per heavy atom. The lowest BCUT2D eigenvalue weighted by Gasteiger charge is -2.28. The first-order valence-corrected chi connectivity index (χ1v) is 10.5. The van der Waals surface area contributed by atoms with Gasteiger partial charge >= 0.3 is 5.97 Å². The average molecular weight is 420 g/mol. The van der Waals surface area contributed by atoms with Gasteiger partial charge in [-0.05, 0) is 43.9 Å². The highest BCUT2D eigenvalue weighted by Gasteiger charge is 2.32. The maximum atomic E-state index is 11.1. The van der Waals surface area contributed by atoms with Crippen molar-refractivity contribution < 1.29 is 19.8 Å². The first-order valence-electron chi connectivity index (χ1n) is 10.5. The van der Waals surface area contributed by atoms with Crippen molar-refractivity contribution >= 4 is 17.7 Å². The number of hydrogen-bond donors (Lipinski definition) is 5. The van der Waals surface area contributed by atoms with E-state index in [2.05, 4.69) is 4.98 Å². The monoisotopic (exact) mass is 419 g/mol. The van der Waals surface area contributed by atoms with E-state index in [0.717, 1.165) is 25.8 Å². The number of rotatable bonds is 7. The molecule has 0 bridgehead atoms. The lowest BCUT2D eigenvalue weighted by atomic mass is 9.85. The van der Waals surface area contributed by atoms with E-state index < -0.39 is 11.9 Å². The number of hydrogen-bond acceptors (Lipinski definition) is 6. The zero-order chi connectivity index (χ0) is 22.1. The molecule has 1 aliphatic heterocycles. The molecular weight excluding hydrogens is 386 g/mol. The fourth-order valence-electron chi connectivity index (χ4n) is 4.18. The molecule has 0 aromatic carbocycles. The molecule has 2 atom stereocenters. The summed E-state index contributed by atoms with van der Waals surface area (Å²) in [6.07, 6.45) is 9.84. The highest BCUT2D eigenvalue weighted by Crippen LogP contribution is 2.28. The number of likely N-dealkylation sites (tertiary alicyclic amines) is 1. The van der Waals surface area contributed by atoms with E-state index in [9.17, 15) is 14.7 Å². The number of aliphatic carboxylic acids is 1. The Kier molecular flexibility index (Phi) is 9.19. The molecule has 9 nitrogen and oxygen atoms in total. The fraction of sp³-hybridized carbons (Fsp3) is 0.619. The summed E-state index contributed by atoms with van der Waals surface area (Å²) < 4.78 is 0. The van der Waals surface area contributed by atoms with Crippen LogP contribution in [0.2, 0.25) is 0 Å². The molecule has 2 fully saturated rings. The molecule has 9 heteroatoms. The Bertz CT molecular complexity index is 686. The number of carboxylic acid groups (broad SMARTS) is 1. The smallest absolute Gasteiger partial charge is 0.320 e. The lowest BCUT2D eigenvalue weighted by Crippen LogP contribution is -2.41. The second-order valence-electron chi connectivity index (χ2n) is 8.09. The summed E-state index contributed by atoms with van der Waals surface area (Å²) in [6.45, 7) is 1.35. The van der Waals surface area contributed by atoms with Gasteiger partial charge in [-0.25, -0.2) is 0 Å². The van der Waals surface area contributed by atoms with Gasteiger partial charge in [0.05, 0.1) is 11.7 Å². The van der Waals surface area contributed by atoms with E-state index >= 15 is 0 Å². The molecule has 0 spiro atoms. The maximum Gasteiger partial charge on any atom is 0.320 e. The third-order valence-corrected chi connectivity index (χ3v) is 5.75. The highest BCUT2D eigenvalue weighted by atomic mass is 16.4. The molecule has 30 heavy (non-hydrogen) atoms. The van der Waals surface area contributed by atoms with Crippen LogP contribution in [-0.2, 0) is 4.79 Å². The number of amides is 1. The molecule has 1 aliphatic carbocycles. The number of primary amides is 1. The molecular formula is C21H33N5O4. The van der Waals surface area contributed by atoms with Crippen LogP contribution in [-0.4, -0.2) is 63.0 Å². The quantitative estimate of drug-likeness (QED) is 0.328. The summed E-state index contributed by atoms with van der Waals surface area (Å²) in [5.74, 6) is -0.763. The molecule has 2 heterocycles. The van der Waals surface area contributed by atoms with E-state index in [-0.39, 0.29) is 18.0 Å². The van der Waals surface area contributed by atoms with Crippen LogP contribution in [0.5, 0.6) is 0 Å². The summed E-state index contributed by atoms with van der Waals surface area (Å²) in [6, 6.07) is 2.58. The number of β-amino-alcohol motifs (C(OH)–C–C–N with tert-alkyl or cyclic N) is 1. The standard InChI is InChI=1S/C14H25NO3.C7H8N4O/c16-12(9-11-5-2-1-3-6-11)10-15-8-4-7-13(15)14(17)18;8-6(9)5-2-1-4(3-11-5)7(10)12/h11-13,16H,1-10H2,(H,17,18);1-3H,(H3,8,9)(H2,10,12)/t12?,13-;/m0./s1. The number of carbonyl (C=O) groups excluding carboxylic acids is 1.